The Morgan fingerprint density at radius 3 is 1.15 bits per heavy atom. The zero-order valence-electron chi connectivity index (χ0n) is 28.9. The van der Waals surface area contributed by atoms with Gasteiger partial charge in [0.2, 0.25) is 0 Å². The van der Waals surface area contributed by atoms with E-state index in [2.05, 4.69) is 54.6 Å². The topological polar surface area (TPSA) is 101 Å². The quantitative estimate of drug-likeness (QED) is 0.164. The number of benzene rings is 7. The summed E-state index contributed by atoms with van der Waals surface area (Å²) in [4.78, 5) is 29.6. The first-order valence-electron chi connectivity index (χ1n) is 17.5. The predicted octanol–water partition coefficient (Wildman–Crippen LogP) is 10.8. The van der Waals surface area contributed by atoms with Crippen LogP contribution in [0.5, 0.6) is 0 Å². The second-order valence-electron chi connectivity index (χ2n) is 12.8. The first-order chi connectivity index (χ1) is 26.7. The Morgan fingerprint density at radius 1 is 0.278 bits per heavy atom. The molecule has 0 aliphatic rings. The van der Waals surface area contributed by atoms with Gasteiger partial charge in [-0.3, -0.25) is 0 Å². The van der Waals surface area contributed by atoms with Crippen LogP contribution in [0.2, 0.25) is 0 Å². The fourth-order valence-electron chi connectivity index (χ4n) is 6.43. The molecule has 7 nitrogen and oxygen atoms in total. The highest BCUT2D eigenvalue weighted by molar-refractivity contribution is 5.87. The summed E-state index contributed by atoms with van der Waals surface area (Å²) in [6.45, 7) is 0. The van der Waals surface area contributed by atoms with Crippen LogP contribution in [0, 0.1) is 11.3 Å². The molecule has 0 radical (unpaired) electrons. The van der Waals surface area contributed by atoms with Crippen molar-refractivity contribution in [3.8, 4) is 85.5 Å². The molecule has 0 amide bonds. The molecule has 54 heavy (non-hydrogen) atoms. The van der Waals surface area contributed by atoms with Gasteiger partial charge in [0.05, 0.1) is 11.6 Å². The number of nitriles is 1. The summed E-state index contributed by atoms with van der Waals surface area (Å²) in [6, 6.07) is 60.3. The lowest BCUT2D eigenvalue weighted by Crippen LogP contribution is -2.01. The second kappa shape index (κ2) is 14.1. The van der Waals surface area contributed by atoms with Gasteiger partial charge in [0.1, 0.15) is 0 Å². The van der Waals surface area contributed by atoms with Gasteiger partial charge >= 0.3 is 0 Å². The van der Waals surface area contributed by atoms with E-state index in [4.69, 9.17) is 29.9 Å². The van der Waals surface area contributed by atoms with Crippen molar-refractivity contribution in [2.24, 2.45) is 0 Å². The molecule has 0 atom stereocenters. The van der Waals surface area contributed by atoms with Crippen molar-refractivity contribution in [1.82, 2.24) is 29.9 Å². The maximum Gasteiger partial charge on any atom is 0.164 e. The summed E-state index contributed by atoms with van der Waals surface area (Å²) < 4.78 is 0. The van der Waals surface area contributed by atoms with Crippen LogP contribution in [0.4, 0.5) is 0 Å². The van der Waals surface area contributed by atoms with E-state index in [0.29, 0.717) is 40.5 Å². The maximum absolute atomic E-state index is 9.62. The summed E-state index contributed by atoms with van der Waals surface area (Å²) in [6.07, 6.45) is 0. The Balaban J connectivity index is 1.14. The molecule has 0 fully saturated rings. The number of aromatic nitrogens is 6. The Kier molecular flexibility index (Phi) is 8.44. The second-order valence-corrected chi connectivity index (χ2v) is 12.8. The molecule has 0 aliphatic carbocycles. The third-order valence-corrected chi connectivity index (χ3v) is 9.17. The molecule has 252 valence electrons. The molecule has 0 saturated heterocycles. The molecule has 0 unspecified atom stereocenters. The highest BCUT2D eigenvalue weighted by atomic mass is 15.0. The molecule has 7 heteroatoms. The minimum Gasteiger partial charge on any atom is -0.208 e. The molecule has 0 spiro atoms. The number of hydrogen-bond donors (Lipinski definition) is 0. The Hall–Kier alpha value is -7.69. The van der Waals surface area contributed by atoms with E-state index in [1.807, 2.05) is 115 Å². The molecule has 2 heterocycles. The highest BCUT2D eigenvalue weighted by Crippen LogP contribution is 2.32. The number of rotatable bonds is 7. The van der Waals surface area contributed by atoms with Gasteiger partial charge in [0, 0.05) is 33.4 Å². The monoisotopic (exact) mass is 691 g/mol. The van der Waals surface area contributed by atoms with Crippen molar-refractivity contribution in [2.75, 3.05) is 0 Å². The van der Waals surface area contributed by atoms with E-state index < -0.39 is 0 Å². The van der Waals surface area contributed by atoms with Crippen LogP contribution in [-0.2, 0) is 0 Å². The van der Waals surface area contributed by atoms with Crippen LogP contribution >= 0.6 is 0 Å². The molecule has 9 aromatic rings. The normalized spacial score (nSPS) is 10.9. The third kappa shape index (κ3) is 6.59. The van der Waals surface area contributed by atoms with Gasteiger partial charge < -0.3 is 0 Å². The number of fused-ring (bicyclic) bond motifs is 1. The lowest BCUT2D eigenvalue weighted by Gasteiger charge is -2.11. The van der Waals surface area contributed by atoms with Gasteiger partial charge in [-0.15, -0.1) is 0 Å². The van der Waals surface area contributed by atoms with E-state index in [1.165, 1.54) is 0 Å². The van der Waals surface area contributed by atoms with E-state index in [9.17, 15) is 5.26 Å². The molecule has 0 bridgehead atoms. The largest absolute Gasteiger partial charge is 0.208 e. The zero-order chi connectivity index (χ0) is 36.3. The lowest BCUT2D eigenvalue weighted by atomic mass is 10.0. The van der Waals surface area contributed by atoms with Crippen LogP contribution in [0.25, 0.3) is 90.2 Å². The van der Waals surface area contributed by atoms with E-state index in [1.54, 1.807) is 12.1 Å². The molecule has 7 aromatic carbocycles. The number of hydrogen-bond acceptors (Lipinski definition) is 7. The summed E-state index contributed by atoms with van der Waals surface area (Å²) in [5.74, 6) is 3.38. The SMILES string of the molecule is N#Cc1cccc(-c2nc(-c3cccc(-c4cccc(-c5nc(-c6ccccc6)nc(-c6ccccc6)n5)c4)c3)nc(-c3ccc4ccccc4c3)n2)c1. The van der Waals surface area contributed by atoms with Gasteiger partial charge in [0.25, 0.3) is 0 Å². The van der Waals surface area contributed by atoms with Crippen LogP contribution in [0.15, 0.2) is 176 Å². The van der Waals surface area contributed by atoms with Gasteiger partial charge in [-0.2, -0.15) is 5.26 Å². The maximum atomic E-state index is 9.62. The Bertz CT molecular complexity index is 2790. The van der Waals surface area contributed by atoms with Crippen molar-refractivity contribution in [1.29, 1.82) is 5.26 Å². The average Bonchev–Trinajstić information content (AvgIpc) is 3.26. The Labute approximate surface area is 312 Å². The molecular formula is C47H29N7. The Morgan fingerprint density at radius 2 is 0.648 bits per heavy atom. The molecule has 0 saturated carbocycles. The van der Waals surface area contributed by atoms with Gasteiger partial charge in [-0.05, 0) is 52.2 Å². The first-order valence-corrected chi connectivity index (χ1v) is 17.5. The molecule has 2 aromatic heterocycles. The van der Waals surface area contributed by atoms with Crippen LogP contribution in [-0.4, -0.2) is 29.9 Å². The minimum atomic E-state index is 0.492. The molecule has 0 N–H and O–H groups in total. The van der Waals surface area contributed by atoms with Crippen molar-refractivity contribution in [2.45, 2.75) is 0 Å². The average molecular weight is 692 g/mol. The van der Waals surface area contributed by atoms with Crippen molar-refractivity contribution in [3.05, 3.63) is 181 Å². The minimum absolute atomic E-state index is 0.492. The van der Waals surface area contributed by atoms with Gasteiger partial charge in [-0.1, -0.05) is 146 Å². The summed E-state index contributed by atoms with van der Waals surface area (Å²) >= 11 is 0. The van der Waals surface area contributed by atoms with Gasteiger partial charge in [0.15, 0.2) is 34.9 Å². The summed E-state index contributed by atoms with van der Waals surface area (Å²) in [5, 5.41) is 11.9. The number of nitrogens with zero attached hydrogens (tertiary/aromatic N) is 7. The lowest BCUT2D eigenvalue weighted by molar-refractivity contribution is 1.07. The van der Waals surface area contributed by atoms with E-state index in [-0.39, 0.29) is 0 Å². The van der Waals surface area contributed by atoms with Crippen LogP contribution in [0.1, 0.15) is 5.56 Å². The van der Waals surface area contributed by atoms with E-state index >= 15 is 0 Å². The van der Waals surface area contributed by atoms with Crippen molar-refractivity contribution >= 4 is 10.8 Å². The molecule has 0 aliphatic heterocycles. The van der Waals surface area contributed by atoms with E-state index in [0.717, 1.165) is 55.3 Å². The standard InChI is InChI=1S/C47H29N7/c48-30-31-12-9-21-38(26-31)44-52-46(54-47(53-44)41-25-24-32-13-7-8-18-35(32)27-41)40-23-11-20-37(29-40)36-19-10-22-39(28-36)45-50-42(33-14-3-1-4-15-33)49-43(51-45)34-16-5-2-6-17-34/h1-29H. The molecular weight excluding hydrogens is 663 g/mol. The highest BCUT2D eigenvalue weighted by Gasteiger charge is 2.16. The zero-order valence-corrected chi connectivity index (χ0v) is 28.9. The van der Waals surface area contributed by atoms with Gasteiger partial charge in [-0.25, -0.2) is 29.9 Å². The molecule has 9 rings (SSSR count). The van der Waals surface area contributed by atoms with Crippen molar-refractivity contribution in [3.63, 3.8) is 0 Å². The fraction of sp³-hybridized carbons (Fsp3) is 0. The predicted molar refractivity (Wildman–Crippen MR) is 213 cm³/mol. The summed E-state index contributed by atoms with van der Waals surface area (Å²) in [7, 11) is 0. The summed E-state index contributed by atoms with van der Waals surface area (Å²) in [5.41, 5.74) is 7.66. The third-order valence-electron chi connectivity index (χ3n) is 9.17. The fourth-order valence-corrected chi connectivity index (χ4v) is 6.43. The first kappa shape index (κ1) is 32.2. The smallest absolute Gasteiger partial charge is 0.164 e. The van der Waals surface area contributed by atoms with Crippen molar-refractivity contribution < 1.29 is 0 Å². The van der Waals surface area contributed by atoms with Crippen LogP contribution < -0.4 is 0 Å². The van der Waals surface area contributed by atoms with Crippen LogP contribution in [0.3, 0.4) is 0 Å².